The number of amides is 2. The van der Waals surface area contributed by atoms with Gasteiger partial charge in [0.15, 0.2) is 12.3 Å². The summed E-state index contributed by atoms with van der Waals surface area (Å²) < 4.78 is 153. The average Bonchev–Trinajstić information content (AvgIpc) is 3.79. The van der Waals surface area contributed by atoms with Gasteiger partial charge in [-0.3, -0.25) is 14.2 Å². The van der Waals surface area contributed by atoms with Crippen LogP contribution < -0.4 is 20.7 Å². The molecule has 3 N–H and O–H groups in total. The standard InChI is InChI=1S/C30H29F11N6O3/c1-47-22-20(11-17(24(46-22)50-13-21(31)32)23(48)43-16-5-3-15(4-6-16)28(33,34)35)45-26(47)44-19-10-14(2-7-18(19)29(36,37)38)12-42-25(49)27(8-9-27)30(39,40)41/h2,7,10-11,15-16,21H,3-6,8-9,12-13H2,1H3,(H,42,49)(H,43,48)(H,44,45)/t15-,16-. The number of hydrogen-bond acceptors (Lipinski definition) is 6. The van der Waals surface area contributed by atoms with Gasteiger partial charge in [-0.05, 0) is 62.3 Å². The number of imidazole rings is 1. The number of ether oxygens (including phenoxy) is 1. The summed E-state index contributed by atoms with van der Waals surface area (Å²) in [6, 6.07) is 2.98. The molecule has 2 amide bonds. The lowest BCUT2D eigenvalue weighted by Gasteiger charge is -2.30. The van der Waals surface area contributed by atoms with E-state index in [0.29, 0.717) is 6.07 Å². The summed E-state index contributed by atoms with van der Waals surface area (Å²) in [5.41, 5.74) is -4.98. The lowest BCUT2D eigenvalue weighted by Crippen LogP contribution is -2.40. The Morgan fingerprint density at radius 1 is 0.980 bits per heavy atom. The quantitative estimate of drug-likeness (QED) is 0.191. The van der Waals surface area contributed by atoms with Crippen LogP contribution in [0.1, 0.15) is 60.0 Å². The van der Waals surface area contributed by atoms with E-state index in [1.165, 1.54) is 7.05 Å². The number of anilines is 2. The Morgan fingerprint density at radius 3 is 2.20 bits per heavy atom. The molecule has 2 saturated carbocycles. The van der Waals surface area contributed by atoms with Crippen LogP contribution in [-0.4, -0.2) is 57.8 Å². The molecule has 5 rings (SSSR count). The van der Waals surface area contributed by atoms with Gasteiger partial charge in [0.25, 0.3) is 12.3 Å². The van der Waals surface area contributed by atoms with Crippen molar-refractivity contribution in [1.29, 1.82) is 0 Å². The maximum atomic E-state index is 14.0. The first-order valence-electron chi connectivity index (χ1n) is 15.2. The third-order valence-electron chi connectivity index (χ3n) is 8.74. The van der Waals surface area contributed by atoms with Crippen molar-refractivity contribution < 1.29 is 62.6 Å². The van der Waals surface area contributed by atoms with Crippen molar-refractivity contribution in [2.24, 2.45) is 18.4 Å². The van der Waals surface area contributed by atoms with Crippen LogP contribution in [0.4, 0.5) is 59.9 Å². The zero-order valence-corrected chi connectivity index (χ0v) is 25.9. The Hall–Kier alpha value is -4.39. The van der Waals surface area contributed by atoms with Crippen LogP contribution in [0.2, 0.25) is 0 Å². The SMILES string of the molecule is Cn1c(Nc2cc(CNC(=O)C3(C(F)(F)F)CC3)ccc2C(F)(F)F)nc2cc(C(=O)N[C@H]3CC[C@H](C(F)(F)F)CC3)c(OCC(F)F)nc21. The maximum absolute atomic E-state index is 14.0. The van der Waals surface area contributed by atoms with E-state index in [4.69, 9.17) is 4.74 Å². The number of pyridine rings is 1. The summed E-state index contributed by atoms with van der Waals surface area (Å²) >= 11 is 0. The van der Waals surface area contributed by atoms with Crippen molar-refractivity contribution in [1.82, 2.24) is 25.2 Å². The molecule has 0 bridgehead atoms. The van der Waals surface area contributed by atoms with Gasteiger partial charge in [-0.15, -0.1) is 0 Å². The number of carbonyl (C=O) groups excluding carboxylic acids is 2. The van der Waals surface area contributed by atoms with Gasteiger partial charge in [0, 0.05) is 19.6 Å². The molecule has 0 atom stereocenters. The maximum Gasteiger partial charge on any atom is 0.418 e. The molecule has 9 nitrogen and oxygen atoms in total. The van der Waals surface area contributed by atoms with Crippen LogP contribution in [0.15, 0.2) is 24.3 Å². The minimum atomic E-state index is -4.93. The molecule has 2 aromatic heterocycles. The van der Waals surface area contributed by atoms with Gasteiger partial charge in [0.2, 0.25) is 17.7 Å². The molecule has 0 aliphatic heterocycles. The molecule has 1 aromatic carbocycles. The van der Waals surface area contributed by atoms with Crippen molar-refractivity contribution in [3.63, 3.8) is 0 Å². The van der Waals surface area contributed by atoms with Crippen molar-refractivity contribution in [2.45, 2.75) is 76.1 Å². The van der Waals surface area contributed by atoms with Crippen molar-refractivity contribution in [2.75, 3.05) is 11.9 Å². The van der Waals surface area contributed by atoms with Gasteiger partial charge < -0.3 is 20.7 Å². The molecule has 2 aliphatic rings. The van der Waals surface area contributed by atoms with E-state index >= 15 is 0 Å². The molecule has 20 heteroatoms. The van der Waals surface area contributed by atoms with Crippen molar-refractivity contribution in [3.8, 4) is 5.88 Å². The Labute approximate surface area is 275 Å². The fourth-order valence-electron chi connectivity index (χ4n) is 5.74. The summed E-state index contributed by atoms with van der Waals surface area (Å²) in [4.78, 5) is 33.7. The van der Waals surface area contributed by atoms with E-state index in [1.54, 1.807) is 0 Å². The third kappa shape index (κ3) is 7.82. The normalized spacial score (nSPS) is 19.4. The molecular formula is C30H29F11N6O3. The second-order valence-corrected chi connectivity index (χ2v) is 12.2. The molecule has 0 unspecified atom stereocenters. The third-order valence-corrected chi connectivity index (χ3v) is 8.74. The Bertz CT molecular complexity index is 1740. The average molecular weight is 731 g/mol. The minimum absolute atomic E-state index is 0.00891. The first-order valence-corrected chi connectivity index (χ1v) is 15.2. The highest BCUT2D eigenvalue weighted by molar-refractivity contribution is 5.99. The van der Waals surface area contributed by atoms with Crippen molar-refractivity contribution >= 4 is 34.6 Å². The van der Waals surface area contributed by atoms with Crippen LogP contribution in [-0.2, 0) is 24.6 Å². The number of aryl methyl sites for hydroxylation is 1. The molecule has 0 radical (unpaired) electrons. The Morgan fingerprint density at radius 2 is 1.64 bits per heavy atom. The summed E-state index contributed by atoms with van der Waals surface area (Å²) in [5.74, 6) is -4.63. The van der Waals surface area contributed by atoms with Gasteiger partial charge >= 0.3 is 18.5 Å². The van der Waals surface area contributed by atoms with Crippen LogP contribution in [0.25, 0.3) is 11.2 Å². The second-order valence-electron chi connectivity index (χ2n) is 12.2. The fraction of sp³-hybridized carbons (Fsp3) is 0.533. The van der Waals surface area contributed by atoms with E-state index in [0.717, 1.165) is 22.8 Å². The van der Waals surface area contributed by atoms with Crippen molar-refractivity contribution in [3.05, 3.63) is 41.0 Å². The van der Waals surface area contributed by atoms with E-state index in [9.17, 15) is 57.9 Å². The predicted molar refractivity (Wildman–Crippen MR) is 154 cm³/mol. The number of halogens is 11. The lowest BCUT2D eigenvalue weighted by molar-refractivity contribution is -0.192. The van der Waals surface area contributed by atoms with E-state index in [1.807, 2.05) is 0 Å². The van der Waals surface area contributed by atoms with Crippen LogP contribution in [0.5, 0.6) is 5.88 Å². The first-order chi connectivity index (χ1) is 23.2. The minimum Gasteiger partial charge on any atom is -0.471 e. The molecule has 3 aromatic rings. The molecule has 0 saturated heterocycles. The first kappa shape index (κ1) is 36.9. The summed E-state index contributed by atoms with van der Waals surface area (Å²) in [6.07, 6.45) is -18.4. The molecule has 2 fully saturated rings. The monoisotopic (exact) mass is 730 g/mol. The number of nitrogens with one attached hydrogen (secondary N) is 3. The van der Waals surface area contributed by atoms with E-state index in [-0.39, 0.29) is 48.4 Å². The number of hydrogen-bond donors (Lipinski definition) is 3. The summed E-state index contributed by atoms with van der Waals surface area (Å²) in [7, 11) is 1.30. The molecule has 2 aliphatic carbocycles. The van der Waals surface area contributed by atoms with Gasteiger partial charge in [-0.1, -0.05) is 6.07 Å². The number of alkyl halides is 11. The number of benzene rings is 1. The smallest absolute Gasteiger partial charge is 0.418 e. The summed E-state index contributed by atoms with van der Waals surface area (Å²) in [6.45, 7) is -1.73. The topological polar surface area (TPSA) is 110 Å². The van der Waals surface area contributed by atoms with E-state index in [2.05, 4.69) is 25.9 Å². The molecule has 0 spiro atoms. The number of aromatic nitrogens is 3. The van der Waals surface area contributed by atoms with Gasteiger partial charge in [-0.25, -0.2) is 13.8 Å². The second kappa shape index (κ2) is 13.4. The Kier molecular flexibility index (Phi) is 9.87. The molecule has 274 valence electrons. The van der Waals surface area contributed by atoms with Gasteiger partial charge in [0.1, 0.15) is 16.5 Å². The van der Waals surface area contributed by atoms with Crippen LogP contribution in [0.3, 0.4) is 0 Å². The van der Waals surface area contributed by atoms with E-state index < -0.39 is 103 Å². The lowest BCUT2D eigenvalue weighted by atomic mass is 9.85. The highest BCUT2D eigenvalue weighted by atomic mass is 19.4. The highest BCUT2D eigenvalue weighted by Gasteiger charge is 2.68. The molecule has 2 heterocycles. The van der Waals surface area contributed by atoms with Gasteiger partial charge in [-0.2, -0.15) is 44.5 Å². The molecular weight excluding hydrogens is 701 g/mol. The van der Waals surface area contributed by atoms with Crippen LogP contribution in [0, 0.1) is 11.3 Å². The predicted octanol–water partition coefficient (Wildman–Crippen LogP) is 7.18. The largest absolute Gasteiger partial charge is 0.471 e. The Balaban J connectivity index is 1.41. The zero-order valence-electron chi connectivity index (χ0n) is 25.9. The number of carbonyl (C=O) groups is 2. The van der Waals surface area contributed by atoms with Crippen LogP contribution >= 0.6 is 0 Å². The number of rotatable bonds is 10. The molecule has 50 heavy (non-hydrogen) atoms. The summed E-state index contributed by atoms with van der Waals surface area (Å²) in [5, 5.41) is 7.15. The highest BCUT2D eigenvalue weighted by Crippen LogP contribution is 2.57. The number of fused-ring (bicyclic) bond motifs is 1. The fourth-order valence-corrected chi connectivity index (χ4v) is 5.74. The number of nitrogens with zero attached hydrogens (tertiary/aromatic N) is 3. The van der Waals surface area contributed by atoms with Gasteiger partial charge in [0.05, 0.1) is 17.2 Å². The zero-order chi connectivity index (χ0) is 36.8.